The third-order valence-electron chi connectivity index (χ3n) is 4.06. The lowest BCUT2D eigenvalue weighted by molar-refractivity contribution is -0.137. The van der Waals surface area contributed by atoms with E-state index >= 15 is 0 Å². The molecule has 0 radical (unpaired) electrons. The molecule has 0 heterocycles. The molecule has 11 heteroatoms. The van der Waals surface area contributed by atoms with Gasteiger partial charge < -0.3 is 10.1 Å². The van der Waals surface area contributed by atoms with E-state index in [1.807, 2.05) is 0 Å². The van der Waals surface area contributed by atoms with Gasteiger partial charge in [0.25, 0.3) is 0 Å². The summed E-state index contributed by atoms with van der Waals surface area (Å²) in [5.74, 6) is -0.148. The van der Waals surface area contributed by atoms with E-state index in [2.05, 4.69) is 5.32 Å². The van der Waals surface area contributed by atoms with Gasteiger partial charge in [-0.1, -0.05) is 17.7 Å². The Kier molecular flexibility index (Phi) is 7.59. The van der Waals surface area contributed by atoms with E-state index < -0.39 is 27.7 Å². The summed E-state index contributed by atoms with van der Waals surface area (Å²) < 4.78 is 68.7. The molecule has 0 saturated carbocycles. The highest BCUT2D eigenvalue weighted by atomic mass is 35.5. The van der Waals surface area contributed by atoms with Crippen LogP contribution in [0.3, 0.4) is 0 Å². The summed E-state index contributed by atoms with van der Waals surface area (Å²) in [4.78, 5) is 12.1. The Labute approximate surface area is 177 Å². The van der Waals surface area contributed by atoms with Crippen LogP contribution in [0.4, 0.5) is 24.5 Å². The third-order valence-corrected chi connectivity index (χ3v) is 5.55. The molecular weight excluding hydrogens is 445 g/mol. The van der Waals surface area contributed by atoms with Crippen LogP contribution >= 0.6 is 11.6 Å². The van der Waals surface area contributed by atoms with Crippen LogP contribution in [-0.2, 0) is 21.0 Å². The Hall–Kier alpha value is -2.46. The third kappa shape index (κ3) is 6.53. The number of nitrogens with one attached hydrogen (secondary N) is 1. The number of anilines is 2. The second-order valence-corrected chi connectivity index (χ2v) is 8.70. The molecule has 0 aliphatic heterocycles. The number of sulfonamides is 1. The van der Waals surface area contributed by atoms with E-state index in [4.69, 9.17) is 16.3 Å². The molecule has 2 aromatic rings. The molecule has 30 heavy (non-hydrogen) atoms. The van der Waals surface area contributed by atoms with Gasteiger partial charge in [-0.3, -0.25) is 9.10 Å². The number of ether oxygens (including phenoxy) is 1. The predicted molar refractivity (Wildman–Crippen MR) is 110 cm³/mol. The zero-order valence-corrected chi connectivity index (χ0v) is 17.7. The molecule has 1 amide bonds. The normalized spacial score (nSPS) is 11.8. The van der Waals surface area contributed by atoms with Gasteiger partial charge in [0.2, 0.25) is 15.9 Å². The number of hydrogen-bond acceptors (Lipinski definition) is 4. The number of halogens is 4. The van der Waals surface area contributed by atoms with Crippen molar-refractivity contribution < 1.29 is 31.1 Å². The summed E-state index contributed by atoms with van der Waals surface area (Å²) >= 11 is 6.05. The number of alkyl halides is 3. The first-order chi connectivity index (χ1) is 13.9. The summed E-state index contributed by atoms with van der Waals surface area (Å²) in [6, 6.07) is 8.75. The van der Waals surface area contributed by atoms with E-state index in [0.29, 0.717) is 11.4 Å². The van der Waals surface area contributed by atoms with Crippen LogP contribution in [-0.4, -0.2) is 34.2 Å². The van der Waals surface area contributed by atoms with Crippen molar-refractivity contribution in [1.82, 2.24) is 0 Å². The second-order valence-electron chi connectivity index (χ2n) is 6.38. The van der Waals surface area contributed by atoms with Gasteiger partial charge in [0, 0.05) is 18.7 Å². The summed E-state index contributed by atoms with van der Waals surface area (Å²) in [5, 5.41) is 2.61. The van der Waals surface area contributed by atoms with Gasteiger partial charge in [-0.2, -0.15) is 13.2 Å². The van der Waals surface area contributed by atoms with Gasteiger partial charge in [-0.25, -0.2) is 8.42 Å². The molecule has 0 spiro atoms. The molecule has 0 fully saturated rings. The molecule has 164 valence electrons. The number of nitrogens with zero attached hydrogens (tertiary/aromatic N) is 1. The number of carbonyl (C=O) groups is 1. The van der Waals surface area contributed by atoms with Crippen LogP contribution in [0.5, 0.6) is 5.75 Å². The fourth-order valence-corrected chi connectivity index (χ4v) is 3.89. The molecule has 0 aliphatic carbocycles. The number of amides is 1. The Morgan fingerprint density at radius 3 is 2.47 bits per heavy atom. The van der Waals surface area contributed by atoms with Crippen molar-refractivity contribution in [1.29, 1.82) is 0 Å². The average molecular weight is 465 g/mol. The maximum absolute atomic E-state index is 12.8. The molecule has 0 unspecified atom stereocenters. The quantitative estimate of drug-likeness (QED) is 0.621. The minimum atomic E-state index is -4.52. The van der Waals surface area contributed by atoms with E-state index in [1.54, 1.807) is 0 Å². The monoisotopic (exact) mass is 464 g/mol. The summed E-state index contributed by atoms with van der Waals surface area (Å²) in [6.07, 6.45) is -3.45. The molecule has 0 aromatic heterocycles. The lowest BCUT2D eigenvalue weighted by Crippen LogP contribution is -2.31. The molecule has 2 rings (SSSR count). The maximum atomic E-state index is 12.8. The van der Waals surface area contributed by atoms with Crippen molar-refractivity contribution in [3.05, 3.63) is 53.1 Å². The largest absolute Gasteiger partial charge is 0.495 e. The Morgan fingerprint density at radius 2 is 1.90 bits per heavy atom. The van der Waals surface area contributed by atoms with Crippen molar-refractivity contribution in [2.24, 2.45) is 0 Å². The van der Waals surface area contributed by atoms with Crippen LogP contribution in [0, 0.1) is 0 Å². The van der Waals surface area contributed by atoms with Crippen molar-refractivity contribution in [3.63, 3.8) is 0 Å². The number of rotatable bonds is 8. The SMILES string of the molecule is COc1ccc(N(CCCC(=O)Nc2cccc(C(F)(F)F)c2)S(C)(=O)=O)cc1Cl. The Morgan fingerprint density at radius 1 is 1.20 bits per heavy atom. The molecule has 6 nitrogen and oxygen atoms in total. The average Bonchev–Trinajstić information content (AvgIpc) is 2.63. The van der Waals surface area contributed by atoms with E-state index in [-0.39, 0.29) is 30.1 Å². The summed E-state index contributed by atoms with van der Waals surface area (Å²) in [5.41, 5.74) is -0.557. The van der Waals surface area contributed by atoms with Crippen LogP contribution in [0.2, 0.25) is 5.02 Å². The first-order valence-electron chi connectivity index (χ1n) is 8.70. The van der Waals surface area contributed by atoms with Gasteiger partial charge >= 0.3 is 6.18 Å². The molecule has 1 N–H and O–H groups in total. The smallest absolute Gasteiger partial charge is 0.416 e. The molecule has 0 aliphatic rings. The van der Waals surface area contributed by atoms with Crippen molar-refractivity contribution >= 4 is 38.9 Å². The first kappa shape index (κ1) is 23.8. The van der Waals surface area contributed by atoms with Crippen molar-refractivity contribution in [2.45, 2.75) is 19.0 Å². The minimum absolute atomic E-state index is 0.0109. The highest BCUT2D eigenvalue weighted by molar-refractivity contribution is 7.92. The number of hydrogen-bond donors (Lipinski definition) is 1. The predicted octanol–water partition coefficient (Wildman–Crippen LogP) is 4.55. The Bertz CT molecular complexity index is 1010. The molecule has 2 aromatic carbocycles. The van der Waals surface area contributed by atoms with Crippen molar-refractivity contribution in [3.8, 4) is 5.75 Å². The fraction of sp³-hybridized carbons (Fsp3) is 0.316. The first-order valence-corrected chi connectivity index (χ1v) is 10.9. The van der Waals surface area contributed by atoms with Crippen LogP contribution in [0.25, 0.3) is 0 Å². The number of methoxy groups -OCH3 is 1. The van der Waals surface area contributed by atoms with E-state index in [0.717, 1.165) is 22.7 Å². The fourth-order valence-electron chi connectivity index (χ4n) is 2.68. The van der Waals surface area contributed by atoms with Gasteiger partial charge in [0.1, 0.15) is 5.75 Å². The highest BCUT2D eigenvalue weighted by Gasteiger charge is 2.30. The molecule has 0 atom stereocenters. The minimum Gasteiger partial charge on any atom is -0.495 e. The van der Waals surface area contributed by atoms with Crippen molar-refractivity contribution in [2.75, 3.05) is 29.5 Å². The molecular formula is C19H20ClF3N2O4S. The molecule has 0 saturated heterocycles. The van der Waals surface area contributed by atoms with Gasteiger partial charge in [0.05, 0.1) is 29.6 Å². The number of benzene rings is 2. The summed E-state index contributed by atoms with van der Waals surface area (Å²) in [6.45, 7) is -0.0164. The number of carbonyl (C=O) groups excluding carboxylic acids is 1. The van der Waals surface area contributed by atoms with Gasteiger partial charge in [-0.05, 0) is 42.8 Å². The van der Waals surface area contributed by atoms with Crippen LogP contribution in [0.1, 0.15) is 18.4 Å². The zero-order valence-electron chi connectivity index (χ0n) is 16.2. The molecule has 0 bridgehead atoms. The topological polar surface area (TPSA) is 75.7 Å². The highest BCUT2D eigenvalue weighted by Crippen LogP contribution is 2.31. The second kappa shape index (κ2) is 9.57. The zero-order chi connectivity index (χ0) is 22.5. The van der Waals surface area contributed by atoms with Crippen LogP contribution < -0.4 is 14.4 Å². The maximum Gasteiger partial charge on any atom is 0.416 e. The lowest BCUT2D eigenvalue weighted by atomic mass is 10.2. The van der Waals surface area contributed by atoms with E-state index in [1.165, 1.54) is 37.4 Å². The summed E-state index contributed by atoms with van der Waals surface area (Å²) in [7, 11) is -2.23. The van der Waals surface area contributed by atoms with E-state index in [9.17, 15) is 26.4 Å². The standard InChI is InChI=1S/C19H20ClF3N2O4S/c1-29-17-9-8-15(12-16(17)20)25(30(2,27)28)10-4-7-18(26)24-14-6-3-5-13(11-14)19(21,22)23/h3,5-6,8-9,11-12H,4,7,10H2,1-2H3,(H,24,26). The van der Waals surface area contributed by atoms with Gasteiger partial charge in [-0.15, -0.1) is 0 Å². The Balaban J connectivity index is 2.02. The lowest BCUT2D eigenvalue weighted by Gasteiger charge is -2.23. The van der Waals surface area contributed by atoms with Gasteiger partial charge in [0.15, 0.2) is 0 Å². The van der Waals surface area contributed by atoms with Crippen LogP contribution in [0.15, 0.2) is 42.5 Å².